The molecule has 0 aliphatic heterocycles. The van der Waals surface area contributed by atoms with Crippen LogP contribution in [0.15, 0.2) is 24.3 Å². The summed E-state index contributed by atoms with van der Waals surface area (Å²) in [6, 6.07) is 7.96. The zero-order valence-electron chi connectivity index (χ0n) is 8.70. The third kappa shape index (κ3) is 2.48. The van der Waals surface area contributed by atoms with Gasteiger partial charge in [-0.1, -0.05) is 30.8 Å². The lowest BCUT2D eigenvalue weighted by Gasteiger charge is -2.26. The van der Waals surface area contributed by atoms with Crippen molar-refractivity contribution >= 4 is 22.9 Å². The zero-order valence-corrected chi connectivity index (χ0v) is 9.52. The second kappa shape index (κ2) is 4.62. The third-order valence-corrected chi connectivity index (χ3v) is 3.22. The monoisotopic (exact) mass is 220 g/mol. The van der Waals surface area contributed by atoms with Crippen molar-refractivity contribution in [1.29, 1.82) is 0 Å². The molecule has 0 heterocycles. The van der Waals surface area contributed by atoms with Gasteiger partial charge in [0.2, 0.25) is 0 Å². The van der Waals surface area contributed by atoms with E-state index >= 15 is 0 Å². The van der Waals surface area contributed by atoms with Crippen LogP contribution in [0.4, 0.5) is 5.69 Å². The van der Waals surface area contributed by atoms with Crippen LogP contribution in [-0.2, 0) is 0 Å². The smallest absolute Gasteiger partial charge is 0.106 e. The van der Waals surface area contributed by atoms with Gasteiger partial charge in [-0.2, -0.15) is 0 Å². The fourth-order valence-corrected chi connectivity index (χ4v) is 1.98. The molecular formula is C12H16N2S. The highest BCUT2D eigenvalue weighted by atomic mass is 32.1. The molecule has 3 N–H and O–H groups in total. The van der Waals surface area contributed by atoms with E-state index in [1.54, 1.807) is 0 Å². The summed E-state index contributed by atoms with van der Waals surface area (Å²) in [5, 5.41) is 3.43. The highest BCUT2D eigenvalue weighted by Gasteiger charge is 2.17. The Hall–Kier alpha value is -1.09. The van der Waals surface area contributed by atoms with Crippen molar-refractivity contribution in [3.05, 3.63) is 29.8 Å². The molecule has 1 aromatic carbocycles. The summed E-state index contributed by atoms with van der Waals surface area (Å²) in [6.07, 6.45) is 4.08. The van der Waals surface area contributed by atoms with E-state index in [1.807, 2.05) is 24.3 Å². The third-order valence-electron chi connectivity index (χ3n) is 3.00. The van der Waals surface area contributed by atoms with Crippen molar-refractivity contribution < 1.29 is 0 Å². The van der Waals surface area contributed by atoms with Crippen molar-refractivity contribution in [2.24, 2.45) is 11.7 Å². The van der Waals surface area contributed by atoms with Gasteiger partial charge >= 0.3 is 0 Å². The van der Waals surface area contributed by atoms with Crippen molar-refractivity contribution in [1.82, 2.24) is 0 Å². The summed E-state index contributed by atoms with van der Waals surface area (Å²) >= 11 is 5.01. The van der Waals surface area contributed by atoms with E-state index in [0.717, 1.165) is 23.7 Å². The van der Waals surface area contributed by atoms with Crippen LogP contribution in [0.3, 0.4) is 0 Å². The first kappa shape index (κ1) is 10.4. The number of thiocarbonyl (C=S) groups is 1. The standard InChI is InChI=1S/C12H16N2S/c13-12(15)10-6-1-2-7-11(10)14-8-9-4-3-5-9/h1-2,6-7,9,14H,3-5,8H2,(H2,13,15). The normalized spacial score (nSPS) is 15.7. The van der Waals surface area contributed by atoms with E-state index in [1.165, 1.54) is 19.3 Å². The van der Waals surface area contributed by atoms with E-state index in [4.69, 9.17) is 18.0 Å². The molecule has 2 nitrogen and oxygen atoms in total. The molecule has 1 saturated carbocycles. The van der Waals surface area contributed by atoms with Crippen molar-refractivity contribution in [2.45, 2.75) is 19.3 Å². The number of hydrogen-bond acceptors (Lipinski definition) is 2. The zero-order chi connectivity index (χ0) is 10.7. The Morgan fingerprint density at radius 1 is 1.40 bits per heavy atom. The van der Waals surface area contributed by atoms with E-state index < -0.39 is 0 Å². The Morgan fingerprint density at radius 3 is 2.73 bits per heavy atom. The quantitative estimate of drug-likeness (QED) is 0.766. The molecule has 0 atom stereocenters. The van der Waals surface area contributed by atoms with E-state index in [2.05, 4.69) is 5.32 Å². The first-order chi connectivity index (χ1) is 7.27. The lowest BCUT2D eigenvalue weighted by Crippen LogP contribution is -2.22. The van der Waals surface area contributed by atoms with Gasteiger partial charge in [-0.15, -0.1) is 0 Å². The number of nitrogens with two attached hydrogens (primary N) is 1. The maximum atomic E-state index is 5.66. The summed E-state index contributed by atoms with van der Waals surface area (Å²) in [4.78, 5) is 0.465. The SMILES string of the molecule is NC(=S)c1ccccc1NCC1CCC1. The van der Waals surface area contributed by atoms with Crippen LogP contribution < -0.4 is 11.1 Å². The van der Waals surface area contributed by atoms with Gasteiger partial charge in [-0.3, -0.25) is 0 Å². The molecule has 0 unspecified atom stereocenters. The topological polar surface area (TPSA) is 38.0 Å². The van der Waals surface area contributed by atoms with Crippen molar-refractivity contribution in [3.63, 3.8) is 0 Å². The molecule has 1 fully saturated rings. The molecule has 1 aliphatic carbocycles. The minimum absolute atomic E-state index is 0.465. The van der Waals surface area contributed by atoms with Gasteiger partial charge in [0.15, 0.2) is 0 Å². The fourth-order valence-electron chi connectivity index (χ4n) is 1.80. The molecule has 0 bridgehead atoms. The summed E-state index contributed by atoms with van der Waals surface area (Å²) in [7, 11) is 0. The number of hydrogen-bond donors (Lipinski definition) is 2. The van der Waals surface area contributed by atoms with E-state index in [-0.39, 0.29) is 0 Å². The Kier molecular flexibility index (Phi) is 3.21. The number of benzene rings is 1. The lowest BCUT2D eigenvalue weighted by molar-refractivity contribution is 0.333. The van der Waals surface area contributed by atoms with Gasteiger partial charge in [0, 0.05) is 17.8 Å². The Morgan fingerprint density at radius 2 is 2.13 bits per heavy atom. The predicted octanol–water partition coefficient (Wildman–Crippen LogP) is 2.53. The Balaban J connectivity index is 2.02. The second-order valence-corrected chi connectivity index (χ2v) is 4.53. The second-order valence-electron chi connectivity index (χ2n) is 4.09. The van der Waals surface area contributed by atoms with E-state index in [0.29, 0.717) is 4.99 Å². The number of para-hydroxylation sites is 1. The highest BCUT2D eigenvalue weighted by molar-refractivity contribution is 7.80. The van der Waals surface area contributed by atoms with Crippen molar-refractivity contribution in [2.75, 3.05) is 11.9 Å². The van der Waals surface area contributed by atoms with Gasteiger partial charge in [0.1, 0.15) is 4.99 Å². The summed E-state index contributed by atoms with van der Waals surface area (Å²) in [5.74, 6) is 0.837. The summed E-state index contributed by atoms with van der Waals surface area (Å²) in [5.41, 5.74) is 7.68. The Bertz CT molecular complexity index is 358. The average Bonchev–Trinajstić information content (AvgIpc) is 2.16. The predicted molar refractivity (Wildman–Crippen MR) is 68.2 cm³/mol. The average molecular weight is 220 g/mol. The van der Waals surface area contributed by atoms with E-state index in [9.17, 15) is 0 Å². The van der Waals surface area contributed by atoms with Crippen LogP contribution in [0.1, 0.15) is 24.8 Å². The molecule has 0 spiro atoms. The Labute approximate surface area is 95.9 Å². The molecular weight excluding hydrogens is 204 g/mol. The highest BCUT2D eigenvalue weighted by Crippen LogP contribution is 2.27. The molecule has 0 radical (unpaired) electrons. The number of anilines is 1. The van der Waals surface area contributed by atoms with Crippen LogP contribution in [0.25, 0.3) is 0 Å². The molecule has 3 heteroatoms. The van der Waals surface area contributed by atoms with Gasteiger partial charge < -0.3 is 11.1 Å². The van der Waals surface area contributed by atoms with Gasteiger partial charge in [0.05, 0.1) is 0 Å². The van der Waals surface area contributed by atoms with Crippen LogP contribution in [-0.4, -0.2) is 11.5 Å². The molecule has 0 saturated heterocycles. The summed E-state index contributed by atoms with van der Waals surface area (Å²) in [6.45, 7) is 1.04. The van der Waals surface area contributed by atoms with Gasteiger partial charge in [-0.25, -0.2) is 0 Å². The first-order valence-corrected chi connectivity index (χ1v) is 5.81. The molecule has 1 aliphatic rings. The summed E-state index contributed by atoms with van der Waals surface area (Å²) < 4.78 is 0. The molecule has 80 valence electrons. The lowest BCUT2D eigenvalue weighted by atomic mass is 9.85. The van der Waals surface area contributed by atoms with Crippen LogP contribution in [0, 0.1) is 5.92 Å². The van der Waals surface area contributed by atoms with Gasteiger partial charge in [-0.05, 0) is 30.9 Å². The minimum Gasteiger partial charge on any atom is -0.389 e. The van der Waals surface area contributed by atoms with Crippen LogP contribution in [0.5, 0.6) is 0 Å². The first-order valence-electron chi connectivity index (χ1n) is 5.40. The molecule has 0 aromatic heterocycles. The van der Waals surface area contributed by atoms with Crippen LogP contribution in [0.2, 0.25) is 0 Å². The maximum absolute atomic E-state index is 5.66. The minimum atomic E-state index is 0.465. The van der Waals surface area contributed by atoms with Crippen molar-refractivity contribution in [3.8, 4) is 0 Å². The van der Waals surface area contributed by atoms with Crippen LogP contribution >= 0.6 is 12.2 Å². The van der Waals surface area contributed by atoms with Gasteiger partial charge in [0.25, 0.3) is 0 Å². The number of rotatable bonds is 4. The molecule has 1 aromatic rings. The largest absolute Gasteiger partial charge is 0.389 e. The fraction of sp³-hybridized carbons (Fsp3) is 0.417. The molecule has 2 rings (SSSR count). The molecule has 0 amide bonds. The maximum Gasteiger partial charge on any atom is 0.106 e. The number of nitrogens with one attached hydrogen (secondary N) is 1. The molecule has 15 heavy (non-hydrogen) atoms.